The predicted molar refractivity (Wildman–Crippen MR) is 120 cm³/mol. The fraction of sp³-hybridized carbons (Fsp3) is 0.292. The molecule has 0 bridgehead atoms. The van der Waals surface area contributed by atoms with Crippen LogP contribution in [0.5, 0.6) is 5.75 Å². The first-order chi connectivity index (χ1) is 15.0. The van der Waals surface area contributed by atoms with Crippen molar-refractivity contribution in [3.63, 3.8) is 0 Å². The van der Waals surface area contributed by atoms with E-state index in [2.05, 4.69) is 12.1 Å². The Hall–Kier alpha value is -3.19. The molecule has 0 aliphatic carbocycles. The first kappa shape index (κ1) is 21.1. The van der Waals surface area contributed by atoms with E-state index in [0.29, 0.717) is 18.0 Å². The van der Waals surface area contributed by atoms with Gasteiger partial charge in [-0.05, 0) is 37.1 Å². The smallest absolute Gasteiger partial charge is 0.326 e. The number of nitrogens with zero attached hydrogens (tertiary/aromatic N) is 2. The molecule has 2 heterocycles. The molecule has 3 aromatic rings. The summed E-state index contributed by atoms with van der Waals surface area (Å²) in [6.45, 7) is 3.80. The van der Waals surface area contributed by atoms with Gasteiger partial charge in [-0.15, -0.1) is 11.3 Å². The normalized spacial score (nSPS) is 15.4. The molecule has 0 radical (unpaired) electrons. The number of amides is 1. The number of carbonyl (C=O) groups excluding carboxylic acids is 2. The number of anilines is 1. The number of aromatic nitrogens is 1. The van der Waals surface area contributed by atoms with Crippen molar-refractivity contribution in [2.45, 2.75) is 32.8 Å². The van der Waals surface area contributed by atoms with Gasteiger partial charge < -0.3 is 9.47 Å². The molecule has 1 aliphatic rings. The minimum absolute atomic E-state index is 0.140. The highest BCUT2D eigenvalue weighted by atomic mass is 32.1. The molecule has 1 amide bonds. The van der Waals surface area contributed by atoms with E-state index < -0.39 is 12.1 Å². The molecule has 4 rings (SSSR count). The van der Waals surface area contributed by atoms with E-state index in [4.69, 9.17) is 14.5 Å². The zero-order valence-corrected chi connectivity index (χ0v) is 18.4. The van der Waals surface area contributed by atoms with Crippen LogP contribution in [0.4, 0.5) is 5.69 Å². The molecule has 0 saturated carbocycles. The molecule has 1 aromatic heterocycles. The van der Waals surface area contributed by atoms with Crippen molar-refractivity contribution in [2.75, 3.05) is 18.1 Å². The minimum Gasteiger partial charge on any atom is -0.479 e. The highest BCUT2D eigenvalue weighted by Gasteiger charge is 2.33. The van der Waals surface area contributed by atoms with Crippen molar-refractivity contribution in [3.8, 4) is 17.0 Å². The van der Waals surface area contributed by atoms with E-state index in [0.717, 1.165) is 29.1 Å². The van der Waals surface area contributed by atoms with Crippen molar-refractivity contribution in [1.29, 1.82) is 0 Å². The fourth-order valence-corrected chi connectivity index (χ4v) is 4.25. The van der Waals surface area contributed by atoms with Crippen LogP contribution in [0.3, 0.4) is 0 Å². The van der Waals surface area contributed by atoms with Gasteiger partial charge in [-0.3, -0.25) is 14.5 Å². The number of thiazole rings is 1. The van der Waals surface area contributed by atoms with E-state index in [1.165, 1.54) is 10.5 Å². The summed E-state index contributed by atoms with van der Waals surface area (Å²) in [5.74, 6) is -0.125. The first-order valence-corrected chi connectivity index (χ1v) is 11.2. The highest BCUT2D eigenvalue weighted by Crippen LogP contribution is 2.37. The Morgan fingerprint density at radius 3 is 2.81 bits per heavy atom. The van der Waals surface area contributed by atoms with Crippen LogP contribution in [-0.2, 0) is 20.7 Å². The van der Waals surface area contributed by atoms with E-state index in [-0.39, 0.29) is 12.5 Å². The van der Waals surface area contributed by atoms with Crippen molar-refractivity contribution in [3.05, 3.63) is 64.5 Å². The van der Waals surface area contributed by atoms with Crippen LogP contribution in [0, 0.1) is 0 Å². The number of hydrogen-bond donors (Lipinski definition) is 0. The Kier molecular flexibility index (Phi) is 6.32. The van der Waals surface area contributed by atoms with Crippen LogP contribution < -0.4 is 9.64 Å². The number of benzene rings is 2. The molecule has 31 heavy (non-hydrogen) atoms. The summed E-state index contributed by atoms with van der Waals surface area (Å²) in [5.41, 5.74) is 3.47. The van der Waals surface area contributed by atoms with Gasteiger partial charge in [0.25, 0.3) is 5.91 Å². The second-order valence-electron chi connectivity index (χ2n) is 7.38. The Balaban J connectivity index is 1.59. The summed E-state index contributed by atoms with van der Waals surface area (Å²) in [6.07, 6.45) is 0.842. The molecule has 2 aromatic carbocycles. The maximum absolute atomic E-state index is 12.7. The summed E-state index contributed by atoms with van der Waals surface area (Å²) in [6, 6.07) is 15.8. The van der Waals surface area contributed by atoms with Crippen molar-refractivity contribution in [1.82, 2.24) is 4.98 Å². The average molecular weight is 437 g/mol. The second kappa shape index (κ2) is 9.31. The van der Waals surface area contributed by atoms with Crippen LogP contribution >= 0.6 is 11.3 Å². The average Bonchev–Trinajstić information content (AvgIpc) is 3.24. The van der Waals surface area contributed by atoms with Crippen LogP contribution in [-0.4, -0.2) is 36.1 Å². The molecule has 0 fully saturated rings. The largest absolute Gasteiger partial charge is 0.479 e. The summed E-state index contributed by atoms with van der Waals surface area (Å²) in [4.78, 5) is 31.1. The summed E-state index contributed by atoms with van der Waals surface area (Å²) in [5, 5.41) is 3.02. The van der Waals surface area contributed by atoms with E-state index in [1.54, 1.807) is 18.3 Å². The molecule has 7 heteroatoms. The third-order valence-corrected chi connectivity index (χ3v) is 5.82. The lowest BCUT2D eigenvalue weighted by atomic mass is 10.1. The maximum atomic E-state index is 12.7. The van der Waals surface area contributed by atoms with Crippen LogP contribution in [0.1, 0.15) is 30.8 Å². The number of hydrogen-bond acceptors (Lipinski definition) is 6. The zero-order valence-electron chi connectivity index (χ0n) is 17.5. The molecular formula is C24H24N2O4S. The Labute approximate surface area is 185 Å². The first-order valence-electron chi connectivity index (χ1n) is 10.3. The quantitative estimate of drug-likeness (QED) is 0.511. The molecule has 6 nitrogen and oxygen atoms in total. The van der Waals surface area contributed by atoms with Crippen molar-refractivity contribution < 1.29 is 19.1 Å². The van der Waals surface area contributed by atoms with E-state index in [9.17, 15) is 9.59 Å². The molecule has 0 spiro atoms. The predicted octanol–water partition coefficient (Wildman–Crippen LogP) is 4.47. The third kappa shape index (κ3) is 4.77. The molecular weight excluding hydrogens is 412 g/mol. The molecule has 1 aliphatic heterocycles. The Bertz CT molecular complexity index is 1080. The second-order valence-corrected chi connectivity index (χ2v) is 8.32. The van der Waals surface area contributed by atoms with Crippen molar-refractivity contribution in [2.24, 2.45) is 0 Å². The van der Waals surface area contributed by atoms with E-state index >= 15 is 0 Å². The molecule has 0 N–H and O–H groups in total. The Morgan fingerprint density at radius 2 is 2.03 bits per heavy atom. The molecule has 160 valence electrons. The zero-order chi connectivity index (χ0) is 21.8. The van der Waals surface area contributed by atoms with Gasteiger partial charge in [-0.1, -0.05) is 37.3 Å². The number of fused-ring (bicyclic) bond motifs is 1. The molecule has 1 unspecified atom stereocenters. The monoisotopic (exact) mass is 436 g/mol. The lowest BCUT2D eigenvalue weighted by Gasteiger charge is -2.32. The fourth-order valence-electron chi connectivity index (χ4n) is 3.42. The summed E-state index contributed by atoms with van der Waals surface area (Å²) < 4.78 is 10.9. The maximum Gasteiger partial charge on any atom is 0.326 e. The summed E-state index contributed by atoms with van der Waals surface area (Å²) in [7, 11) is 0. The lowest BCUT2D eigenvalue weighted by molar-refractivity contribution is -0.143. The van der Waals surface area contributed by atoms with Gasteiger partial charge in [-0.2, -0.15) is 0 Å². The number of carbonyl (C=O) groups is 2. The number of esters is 1. The number of ether oxygens (including phenoxy) is 2. The third-order valence-electron chi connectivity index (χ3n) is 4.97. The van der Waals surface area contributed by atoms with Gasteiger partial charge in [0.05, 0.1) is 23.0 Å². The van der Waals surface area contributed by atoms with Gasteiger partial charge in [0, 0.05) is 17.4 Å². The van der Waals surface area contributed by atoms with Crippen molar-refractivity contribution >= 4 is 28.9 Å². The summed E-state index contributed by atoms with van der Waals surface area (Å²) >= 11 is 1.60. The van der Waals surface area contributed by atoms with Gasteiger partial charge in [0.1, 0.15) is 12.3 Å². The minimum atomic E-state index is -0.658. The van der Waals surface area contributed by atoms with E-state index in [1.807, 2.05) is 48.7 Å². The lowest BCUT2D eigenvalue weighted by Crippen LogP contribution is -2.47. The molecule has 0 saturated heterocycles. The van der Waals surface area contributed by atoms with Gasteiger partial charge in [-0.25, -0.2) is 4.98 Å². The van der Waals surface area contributed by atoms with Crippen LogP contribution in [0.2, 0.25) is 0 Å². The standard InChI is InChI=1S/C24H24N2O4S/c1-3-11-29-23(27)14-26-20-13-18(9-10-21(20)30-16(2)24(26)28)19-15-31-22(25-19)12-17-7-5-4-6-8-17/h4-10,13,15-16H,3,11-12,14H2,1-2H3. The van der Waals surface area contributed by atoms with Gasteiger partial charge >= 0.3 is 5.97 Å². The molecule has 1 atom stereocenters. The van der Waals surface area contributed by atoms with Crippen LogP contribution in [0.15, 0.2) is 53.9 Å². The topological polar surface area (TPSA) is 68.7 Å². The van der Waals surface area contributed by atoms with Gasteiger partial charge in [0.15, 0.2) is 6.10 Å². The highest BCUT2D eigenvalue weighted by molar-refractivity contribution is 7.10. The van der Waals surface area contributed by atoms with Gasteiger partial charge in [0.2, 0.25) is 0 Å². The van der Waals surface area contributed by atoms with Crippen LogP contribution in [0.25, 0.3) is 11.3 Å². The Morgan fingerprint density at radius 1 is 1.23 bits per heavy atom. The number of rotatable bonds is 7. The SMILES string of the molecule is CCCOC(=O)CN1C(=O)C(C)Oc2ccc(-c3csc(Cc4ccccc4)n3)cc21.